The van der Waals surface area contributed by atoms with Crippen LogP contribution in [0.25, 0.3) is 10.1 Å². The van der Waals surface area contributed by atoms with E-state index in [9.17, 15) is 5.11 Å². The van der Waals surface area contributed by atoms with Gasteiger partial charge in [-0.2, -0.15) is 0 Å². The van der Waals surface area contributed by atoms with E-state index in [1.807, 2.05) is 0 Å². The van der Waals surface area contributed by atoms with E-state index in [1.165, 1.54) is 34.9 Å². The van der Waals surface area contributed by atoms with Gasteiger partial charge in [0.25, 0.3) is 0 Å². The molecule has 1 aliphatic rings. The van der Waals surface area contributed by atoms with E-state index < -0.39 is 5.60 Å². The van der Waals surface area contributed by atoms with E-state index in [1.54, 1.807) is 11.3 Å². The molecule has 0 spiro atoms. The molecule has 0 atom stereocenters. The zero-order chi connectivity index (χ0) is 14.7. The number of hydrogen-bond acceptors (Lipinski definition) is 3. The van der Waals surface area contributed by atoms with Crippen LogP contribution in [0, 0.1) is 5.92 Å². The minimum atomic E-state index is -0.489. The van der Waals surface area contributed by atoms with Crippen molar-refractivity contribution >= 4 is 21.4 Å². The zero-order valence-electron chi connectivity index (χ0n) is 12.8. The third-order valence-electron chi connectivity index (χ3n) is 4.94. The molecule has 0 radical (unpaired) electrons. The second-order valence-electron chi connectivity index (χ2n) is 6.44. The van der Waals surface area contributed by atoms with Gasteiger partial charge in [0.05, 0.1) is 5.60 Å². The molecule has 1 aromatic carbocycles. The van der Waals surface area contributed by atoms with Crippen molar-refractivity contribution in [3.8, 4) is 0 Å². The van der Waals surface area contributed by atoms with E-state index in [4.69, 9.17) is 0 Å². The average Bonchev–Trinajstić information content (AvgIpc) is 2.92. The Morgan fingerprint density at radius 1 is 1.29 bits per heavy atom. The highest BCUT2D eigenvalue weighted by atomic mass is 32.1. The van der Waals surface area contributed by atoms with Gasteiger partial charge in [0, 0.05) is 17.8 Å². The first-order valence-electron chi connectivity index (χ1n) is 8.08. The van der Waals surface area contributed by atoms with Crippen LogP contribution in [0.5, 0.6) is 0 Å². The van der Waals surface area contributed by atoms with E-state index in [2.05, 4.69) is 41.9 Å². The van der Waals surface area contributed by atoms with E-state index in [0.29, 0.717) is 6.54 Å². The molecule has 0 bridgehead atoms. The maximum absolute atomic E-state index is 10.7. The van der Waals surface area contributed by atoms with Gasteiger partial charge in [-0.1, -0.05) is 31.5 Å². The quantitative estimate of drug-likeness (QED) is 0.862. The summed E-state index contributed by atoms with van der Waals surface area (Å²) in [6.07, 6.45) is 5.50. The summed E-state index contributed by atoms with van der Waals surface area (Å²) in [6.45, 7) is 3.83. The fraction of sp³-hybridized carbons (Fsp3) is 0.556. The third-order valence-corrected chi connectivity index (χ3v) is 5.96. The van der Waals surface area contributed by atoms with Gasteiger partial charge in [0.1, 0.15) is 0 Å². The highest BCUT2D eigenvalue weighted by Gasteiger charge is 2.32. The monoisotopic (exact) mass is 303 g/mol. The number of hydrogen-bond donors (Lipinski definition) is 2. The Kier molecular flexibility index (Phi) is 4.63. The van der Waals surface area contributed by atoms with E-state index in [0.717, 1.165) is 25.3 Å². The molecule has 0 unspecified atom stereocenters. The van der Waals surface area contributed by atoms with E-state index in [-0.39, 0.29) is 0 Å². The van der Waals surface area contributed by atoms with Crippen LogP contribution in [0.2, 0.25) is 0 Å². The highest BCUT2D eigenvalue weighted by molar-refractivity contribution is 7.17. The number of fused-ring (bicyclic) bond motifs is 1. The zero-order valence-corrected chi connectivity index (χ0v) is 13.6. The number of thiophene rings is 1. The molecule has 2 N–H and O–H groups in total. The Morgan fingerprint density at radius 3 is 2.81 bits per heavy atom. The van der Waals surface area contributed by atoms with Gasteiger partial charge in [-0.3, -0.25) is 0 Å². The largest absolute Gasteiger partial charge is 0.389 e. The summed E-state index contributed by atoms with van der Waals surface area (Å²) in [5, 5.41) is 17.7. The molecule has 3 heteroatoms. The predicted molar refractivity (Wildman–Crippen MR) is 90.7 cm³/mol. The number of rotatable bonds is 5. The van der Waals surface area contributed by atoms with Crippen LogP contribution in [0.15, 0.2) is 29.6 Å². The van der Waals surface area contributed by atoms with Crippen molar-refractivity contribution < 1.29 is 5.11 Å². The number of nitrogens with one attached hydrogen (secondary N) is 1. The van der Waals surface area contributed by atoms with Gasteiger partial charge in [-0.05, 0) is 54.0 Å². The molecule has 21 heavy (non-hydrogen) atoms. The van der Waals surface area contributed by atoms with Crippen LogP contribution in [0.4, 0.5) is 0 Å². The van der Waals surface area contributed by atoms with Gasteiger partial charge in [-0.25, -0.2) is 0 Å². The van der Waals surface area contributed by atoms with Crippen LogP contribution in [0.1, 0.15) is 44.6 Å². The van der Waals surface area contributed by atoms with Gasteiger partial charge in [0.15, 0.2) is 0 Å². The fourth-order valence-corrected chi connectivity index (χ4v) is 4.36. The van der Waals surface area contributed by atoms with Crippen molar-refractivity contribution in [2.45, 2.75) is 51.2 Å². The number of aliphatic hydroxyl groups is 1. The average molecular weight is 303 g/mol. The molecule has 1 heterocycles. The summed E-state index contributed by atoms with van der Waals surface area (Å²) in [5.41, 5.74) is 0.860. The van der Waals surface area contributed by atoms with Gasteiger partial charge < -0.3 is 10.4 Å². The molecule has 0 amide bonds. The Morgan fingerprint density at radius 2 is 2.05 bits per heavy atom. The van der Waals surface area contributed by atoms with Gasteiger partial charge >= 0.3 is 0 Å². The Labute approximate surface area is 131 Å². The maximum Gasteiger partial charge on any atom is 0.0771 e. The second-order valence-corrected chi connectivity index (χ2v) is 7.35. The molecule has 1 saturated carbocycles. The highest BCUT2D eigenvalue weighted by Crippen LogP contribution is 2.33. The number of benzene rings is 1. The maximum atomic E-state index is 10.7. The smallest absolute Gasteiger partial charge is 0.0771 e. The summed E-state index contributed by atoms with van der Waals surface area (Å²) in [6, 6.07) is 8.54. The van der Waals surface area contributed by atoms with Crippen molar-refractivity contribution in [1.82, 2.24) is 5.32 Å². The summed E-state index contributed by atoms with van der Waals surface area (Å²) >= 11 is 1.80. The minimum absolute atomic E-state index is 0.489. The van der Waals surface area contributed by atoms with Crippen molar-refractivity contribution in [2.75, 3.05) is 6.54 Å². The molecule has 1 fully saturated rings. The summed E-state index contributed by atoms with van der Waals surface area (Å²) < 4.78 is 1.34. The Hall–Kier alpha value is -0.900. The Balaban J connectivity index is 1.54. The molecule has 2 nitrogen and oxygen atoms in total. The lowest BCUT2D eigenvalue weighted by atomic mass is 9.78. The first-order valence-corrected chi connectivity index (χ1v) is 8.96. The van der Waals surface area contributed by atoms with Gasteiger partial charge in [-0.15, -0.1) is 11.3 Å². The lowest BCUT2D eigenvalue weighted by molar-refractivity contribution is -0.00878. The van der Waals surface area contributed by atoms with Crippen molar-refractivity contribution in [1.29, 1.82) is 0 Å². The molecule has 0 aliphatic heterocycles. The molecule has 3 rings (SSSR count). The van der Waals surface area contributed by atoms with Crippen LogP contribution >= 0.6 is 11.3 Å². The molecule has 1 aromatic heterocycles. The van der Waals surface area contributed by atoms with Crippen LogP contribution in [0.3, 0.4) is 0 Å². The standard InChI is InChI=1S/C18H25NOS/c1-2-14-7-9-18(20,10-8-14)13-19-11-15-12-21-17-6-4-3-5-16(15)17/h3-6,12,14,19-20H,2,7-11,13H2,1H3. The van der Waals surface area contributed by atoms with Crippen molar-refractivity contribution in [2.24, 2.45) is 5.92 Å². The molecule has 0 saturated heterocycles. The summed E-state index contributed by atoms with van der Waals surface area (Å²) in [4.78, 5) is 0. The van der Waals surface area contributed by atoms with Crippen LogP contribution < -0.4 is 5.32 Å². The predicted octanol–water partition coefficient (Wildman–Crippen LogP) is 4.32. The van der Waals surface area contributed by atoms with Gasteiger partial charge in [0.2, 0.25) is 0 Å². The second kappa shape index (κ2) is 6.47. The minimum Gasteiger partial charge on any atom is -0.389 e. The molecule has 114 valence electrons. The normalized spacial score (nSPS) is 26.3. The van der Waals surface area contributed by atoms with Crippen LogP contribution in [-0.2, 0) is 6.54 Å². The topological polar surface area (TPSA) is 32.3 Å². The third kappa shape index (κ3) is 3.47. The fourth-order valence-electron chi connectivity index (χ4n) is 3.40. The first kappa shape index (κ1) is 15.0. The lowest BCUT2D eigenvalue weighted by Crippen LogP contribution is -2.43. The van der Waals surface area contributed by atoms with Crippen LogP contribution in [-0.4, -0.2) is 17.3 Å². The SMILES string of the molecule is CCC1CCC(O)(CNCc2csc3ccccc23)CC1. The first-order chi connectivity index (χ1) is 10.2. The molecular formula is C18H25NOS. The molecule has 2 aromatic rings. The van der Waals surface area contributed by atoms with E-state index >= 15 is 0 Å². The lowest BCUT2D eigenvalue weighted by Gasteiger charge is -2.36. The van der Waals surface area contributed by atoms with Crippen molar-refractivity contribution in [3.05, 3.63) is 35.2 Å². The summed E-state index contributed by atoms with van der Waals surface area (Å²) in [5.74, 6) is 0.825. The molecule has 1 aliphatic carbocycles. The summed E-state index contributed by atoms with van der Waals surface area (Å²) in [7, 11) is 0. The Bertz CT molecular complexity index is 584. The molecular weight excluding hydrogens is 278 g/mol. The van der Waals surface area contributed by atoms with Crippen molar-refractivity contribution in [3.63, 3.8) is 0 Å².